The van der Waals surface area contributed by atoms with E-state index in [0.29, 0.717) is 11.4 Å². The molecule has 0 fully saturated rings. The molecule has 0 N–H and O–H groups in total. The SMILES string of the molecule is [2H]c1c([2H])c(N(c2ccc(-c3cccc(-n4c5ccccc5c5ccccc54)c3)cc2)c2ccc(-c3ccc4c(c3)oc3c5ccccc5ccc43)cc2)c([2H])c([2H])c1-c1c([2H])c([2H])c2c([2H])c([2H])c([2H])c([2H])c2c1[2H]. The Labute approximate surface area is 391 Å². The van der Waals surface area contributed by atoms with E-state index in [1.54, 1.807) is 4.90 Å². The van der Waals surface area contributed by atoms with Gasteiger partial charge in [0.25, 0.3) is 0 Å². The molecule has 2 heterocycles. The van der Waals surface area contributed by atoms with Gasteiger partial charge < -0.3 is 13.9 Å². The van der Waals surface area contributed by atoms with Gasteiger partial charge in [-0.25, -0.2) is 0 Å². The summed E-state index contributed by atoms with van der Waals surface area (Å²) in [5, 5.41) is 5.74. The quantitative estimate of drug-likeness (QED) is 0.159. The van der Waals surface area contributed by atoms with Gasteiger partial charge >= 0.3 is 0 Å². The van der Waals surface area contributed by atoms with Crippen LogP contribution in [0.15, 0.2) is 247 Å². The molecule has 0 aliphatic rings. The standard InChI is InChI=1S/C62H40N2O/c1-2-12-46-38-48(21-20-41(46)10-1)43-24-32-51(33-25-43)63(52-34-26-44(27-35-52)49-29-36-57-58-37-28-45-11-3-4-15-54(45)62(58)65-61(57)40-49)50-30-22-42(23-31-50)47-13-9-14-53(39-47)64-59-18-7-5-16-55(59)56-17-6-8-19-60(56)64/h1-40H/i1D,2D,10D,12D,20D,21D,24D,25D,32D,33D,38D. The van der Waals surface area contributed by atoms with Crippen LogP contribution in [0.25, 0.3) is 104 Å². The number of benzene rings is 11. The normalized spacial score (nSPS) is 14.1. The van der Waals surface area contributed by atoms with E-state index in [4.69, 9.17) is 12.6 Å². The van der Waals surface area contributed by atoms with Crippen LogP contribution in [0.4, 0.5) is 17.1 Å². The number of para-hydroxylation sites is 2. The molecular weight excluding hydrogens is 789 g/mol. The lowest BCUT2D eigenvalue weighted by molar-refractivity contribution is 0.673. The van der Waals surface area contributed by atoms with Gasteiger partial charge in [0.1, 0.15) is 11.2 Å². The van der Waals surface area contributed by atoms with Crippen LogP contribution in [0.2, 0.25) is 0 Å². The van der Waals surface area contributed by atoms with Gasteiger partial charge in [-0.3, -0.25) is 0 Å². The van der Waals surface area contributed by atoms with Crippen LogP contribution < -0.4 is 4.90 Å². The van der Waals surface area contributed by atoms with Crippen molar-refractivity contribution in [2.45, 2.75) is 0 Å². The maximum absolute atomic E-state index is 9.65. The first-order valence-electron chi connectivity index (χ1n) is 26.8. The molecular formula is C62H40N2O. The van der Waals surface area contributed by atoms with Crippen LogP contribution in [-0.2, 0) is 0 Å². The summed E-state index contributed by atoms with van der Waals surface area (Å²) in [7, 11) is 0. The highest BCUT2D eigenvalue weighted by Gasteiger charge is 2.17. The van der Waals surface area contributed by atoms with E-state index < -0.39 is 77.6 Å². The molecule has 0 saturated heterocycles. The van der Waals surface area contributed by atoms with E-state index in [1.165, 1.54) is 0 Å². The molecule has 13 rings (SSSR count). The number of anilines is 3. The lowest BCUT2D eigenvalue weighted by Gasteiger charge is -2.26. The minimum absolute atomic E-state index is 0.115. The number of nitrogens with zero attached hydrogens (tertiary/aromatic N) is 2. The van der Waals surface area contributed by atoms with Gasteiger partial charge in [-0.2, -0.15) is 0 Å². The molecule has 0 aliphatic heterocycles. The number of aromatic nitrogens is 1. The highest BCUT2D eigenvalue weighted by atomic mass is 16.3. The first-order chi connectivity index (χ1) is 36.8. The maximum Gasteiger partial charge on any atom is 0.143 e. The predicted octanol–water partition coefficient (Wildman–Crippen LogP) is 17.5. The van der Waals surface area contributed by atoms with Crippen molar-refractivity contribution in [3.8, 4) is 39.1 Å². The van der Waals surface area contributed by atoms with E-state index in [2.05, 4.69) is 71.3 Å². The minimum Gasteiger partial charge on any atom is -0.455 e. The van der Waals surface area contributed by atoms with Crippen molar-refractivity contribution in [2.24, 2.45) is 0 Å². The fourth-order valence-corrected chi connectivity index (χ4v) is 9.17. The van der Waals surface area contributed by atoms with Gasteiger partial charge in [0, 0.05) is 49.7 Å². The molecule has 0 spiro atoms. The van der Waals surface area contributed by atoms with Crippen molar-refractivity contribution < 1.29 is 19.5 Å². The molecule has 0 amide bonds. The van der Waals surface area contributed by atoms with Gasteiger partial charge in [-0.15, -0.1) is 0 Å². The smallest absolute Gasteiger partial charge is 0.143 e. The van der Waals surface area contributed by atoms with Gasteiger partial charge in [0.05, 0.1) is 26.1 Å². The van der Waals surface area contributed by atoms with Crippen LogP contribution in [0.3, 0.4) is 0 Å². The number of hydrogen-bond acceptors (Lipinski definition) is 2. The minimum atomic E-state index is -0.657. The third-order valence-electron chi connectivity index (χ3n) is 12.3. The lowest BCUT2D eigenvalue weighted by atomic mass is 10.00. The third kappa shape index (κ3) is 6.28. The second kappa shape index (κ2) is 15.0. The van der Waals surface area contributed by atoms with Gasteiger partial charge in [0.2, 0.25) is 0 Å². The topological polar surface area (TPSA) is 21.3 Å². The van der Waals surface area contributed by atoms with Crippen LogP contribution in [-0.4, -0.2) is 4.57 Å². The molecule has 65 heavy (non-hydrogen) atoms. The fourth-order valence-electron chi connectivity index (χ4n) is 9.17. The van der Waals surface area contributed by atoms with Crippen LogP contribution >= 0.6 is 0 Å². The van der Waals surface area contributed by atoms with Crippen LogP contribution in [0.1, 0.15) is 15.1 Å². The Morgan fingerprint density at radius 1 is 0.369 bits per heavy atom. The number of rotatable bonds is 7. The zero-order valence-corrected chi connectivity index (χ0v) is 34.5. The second-order valence-electron chi connectivity index (χ2n) is 16.0. The summed E-state index contributed by atoms with van der Waals surface area (Å²) in [5.41, 5.74) is 8.30. The molecule has 304 valence electrons. The fraction of sp³-hybridized carbons (Fsp3) is 0. The highest BCUT2D eigenvalue weighted by Crippen LogP contribution is 2.41. The summed E-state index contributed by atoms with van der Waals surface area (Å²) >= 11 is 0. The first kappa shape index (κ1) is 27.4. The van der Waals surface area contributed by atoms with Crippen molar-refractivity contribution in [1.29, 1.82) is 0 Å². The Hall–Kier alpha value is -8.66. The molecule has 13 aromatic rings. The zero-order valence-electron chi connectivity index (χ0n) is 45.5. The average Bonchev–Trinajstić information content (AvgIpc) is 4.08. The van der Waals surface area contributed by atoms with Gasteiger partial charge in [0.15, 0.2) is 0 Å². The van der Waals surface area contributed by atoms with E-state index >= 15 is 0 Å². The third-order valence-corrected chi connectivity index (χ3v) is 12.3. The predicted molar refractivity (Wildman–Crippen MR) is 274 cm³/mol. The maximum atomic E-state index is 9.65. The van der Waals surface area contributed by atoms with Crippen molar-refractivity contribution in [2.75, 3.05) is 4.90 Å². The van der Waals surface area contributed by atoms with Crippen LogP contribution in [0, 0.1) is 0 Å². The first-order valence-corrected chi connectivity index (χ1v) is 21.3. The van der Waals surface area contributed by atoms with E-state index in [9.17, 15) is 6.85 Å². The Morgan fingerprint density at radius 3 is 1.69 bits per heavy atom. The Kier molecular flexibility index (Phi) is 6.33. The van der Waals surface area contributed by atoms with Crippen molar-refractivity contribution in [1.82, 2.24) is 4.57 Å². The number of furan rings is 1. The van der Waals surface area contributed by atoms with Gasteiger partial charge in [-0.1, -0.05) is 158 Å². The summed E-state index contributed by atoms with van der Waals surface area (Å²) in [4.78, 5) is 1.65. The molecule has 0 bridgehead atoms. The molecule has 2 aromatic heterocycles. The second-order valence-corrected chi connectivity index (χ2v) is 16.0. The molecule has 0 atom stereocenters. The Morgan fingerprint density at radius 2 is 0.969 bits per heavy atom. The lowest BCUT2D eigenvalue weighted by Crippen LogP contribution is -2.09. The largest absolute Gasteiger partial charge is 0.455 e. The Bertz CT molecular complexity index is 4520. The molecule has 3 nitrogen and oxygen atoms in total. The molecule has 0 radical (unpaired) electrons. The zero-order chi connectivity index (χ0) is 52.4. The summed E-state index contributed by atoms with van der Waals surface area (Å²) in [5.74, 6) is 0. The Balaban J connectivity index is 0.948. The van der Waals surface area contributed by atoms with Crippen molar-refractivity contribution in [3.63, 3.8) is 0 Å². The summed E-state index contributed by atoms with van der Waals surface area (Å²) < 4.78 is 108. The van der Waals surface area contributed by atoms with Crippen LogP contribution in [0.5, 0.6) is 0 Å². The van der Waals surface area contributed by atoms with Crippen molar-refractivity contribution >= 4 is 82.4 Å². The average molecular weight is 840 g/mol. The van der Waals surface area contributed by atoms with E-state index in [0.717, 1.165) is 82.5 Å². The summed E-state index contributed by atoms with van der Waals surface area (Å²) in [6, 6.07) is 52.0. The van der Waals surface area contributed by atoms with E-state index in [-0.39, 0.29) is 16.5 Å². The molecule has 11 aromatic carbocycles. The molecule has 3 heteroatoms. The molecule has 0 unspecified atom stereocenters. The summed E-state index contributed by atoms with van der Waals surface area (Å²) in [6.45, 7) is 0. The number of hydrogen-bond donors (Lipinski definition) is 0. The molecule has 0 aliphatic carbocycles. The van der Waals surface area contributed by atoms with E-state index in [1.807, 2.05) is 109 Å². The van der Waals surface area contributed by atoms with Crippen molar-refractivity contribution in [3.05, 3.63) is 242 Å². The highest BCUT2D eigenvalue weighted by molar-refractivity contribution is 6.15. The summed E-state index contributed by atoms with van der Waals surface area (Å²) in [6.07, 6.45) is 0. The molecule has 0 saturated carbocycles. The monoisotopic (exact) mass is 839 g/mol. The van der Waals surface area contributed by atoms with Gasteiger partial charge in [-0.05, 0) is 134 Å². The number of fused-ring (bicyclic) bond motifs is 9.